The Morgan fingerprint density at radius 1 is 1.03 bits per heavy atom. The van der Waals surface area contributed by atoms with E-state index in [0.29, 0.717) is 24.5 Å². The van der Waals surface area contributed by atoms with Crippen LogP contribution in [0.1, 0.15) is 6.42 Å². The molecule has 2 aromatic carbocycles. The molecule has 1 heterocycles. The Morgan fingerprint density at radius 2 is 1.73 bits per heavy atom. The van der Waals surface area contributed by atoms with E-state index in [9.17, 15) is 4.79 Å². The molecule has 1 aliphatic heterocycles. The molecule has 1 fully saturated rings. The number of carbonyl (C=O) groups excluding carboxylic acids is 1. The molecular weight excluding hydrogens is 380 g/mol. The van der Waals surface area contributed by atoms with Gasteiger partial charge < -0.3 is 19.3 Å². The van der Waals surface area contributed by atoms with E-state index in [-0.39, 0.29) is 12.3 Å². The standard InChI is InChI=1S/C23H28N4O3/c1-29-20-10-8-19(9-11-20)26-16-14-25(15-17-26)18-23(28)27(13-5-12-24)21-6-3-4-7-22(21)30-2/h3-4,6-11H,5,13-18H2,1-2H3. The van der Waals surface area contributed by atoms with Crippen LogP contribution in [0.3, 0.4) is 0 Å². The lowest BCUT2D eigenvalue weighted by Crippen LogP contribution is -2.50. The van der Waals surface area contributed by atoms with Crippen LogP contribution >= 0.6 is 0 Å². The third-order valence-electron chi connectivity index (χ3n) is 5.29. The minimum Gasteiger partial charge on any atom is -0.497 e. The Balaban J connectivity index is 1.61. The Hall–Kier alpha value is -3.24. The molecule has 0 aromatic heterocycles. The molecule has 1 aliphatic rings. The molecule has 3 rings (SSSR count). The minimum absolute atomic E-state index is 0.0207. The topological polar surface area (TPSA) is 69.0 Å². The van der Waals surface area contributed by atoms with Gasteiger partial charge in [-0.2, -0.15) is 5.26 Å². The van der Waals surface area contributed by atoms with Crippen molar-refractivity contribution in [3.8, 4) is 17.6 Å². The van der Waals surface area contributed by atoms with Crippen molar-refractivity contribution in [3.05, 3.63) is 48.5 Å². The first-order valence-electron chi connectivity index (χ1n) is 10.1. The number of nitriles is 1. The average molecular weight is 409 g/mol. The zero-order chi connectivity index (χ0) is 21.3. The van der Waals surface area contributed by atoms with E-state index in [1.54, 1.807) is 19.1 Å². The van der Waals surface area contributed by atoms with E-state index in [2.05, 4.69) is 28.0 Å². The first kappa shape index (κ1) is 21.5. The monoisotopic (exact) mass is 408 g/mol. The van der Waals surface area contributed by atoms with Crippen molar-refractivity contribution in [2.45, 2.75) is 6.42 Å². The summed E-state index contributed by atoms with van der Waals surface area (Å²) in [5, 5.41) is 9.02. The largest absolute Gasteiger partial charge is 0.497 e. The van der Waals surface area contributed by atoms with E-state index >= 15 is 0 Å². The normalized spacial score (nSPS) is 14.1. The van der Waals surface area contributed by atoms with Gasteiger partial charge in [0.05, 0.1) is 38.9 Å². The summed E-state index contributed by atoms with van der Waals surface area (Å²) in [6, 6.07) is 17.6. The van der Waals surface area contributed by atoms with Crippen LogP contribution in [-0.4, -0.2) is 64.3 Å². The molecule has 0 saturated carbocycles. The van der Waals surface area contributed by atoms with Gasteiger partial charge in [-0.15, -0.1) is 0 Å². The molecule has 1 saturated heterocycles. The third kappa shape index (κ3) is 5.22. The highest BCUT2D eigenvalue weighted by Crippen LogP contribution is 2.28. The van der Waals surface area contributed by atoms with E-state index in [0.717, 1.165) is 37.6 Å². The number of hydrogen-bond donors (Lipinski definition) is 0. The van der Waals surface area contributed by atoms with Crippen LogP contribution in [0.15, 0.2) is 48.5 Å². The number of nitrogens with zero attached hydrogens (tertiary/aromatic N) is 4. The lowest BCUT2D eigenvalue weighted by Gasteiger charge is -2.36. The van der Waals surface area contributed by atoms with Gasteiger partial charge in [0.25, 0.3) is 0 Å². The molecule has 1 amide bonds. The number of para-hydroxylation sites is 2. The SMILES string of the molecule is COc1ccc(N2CCN(CC(=O)N(CCC#N)c3ccccc3OC)CC2)cc1. The molecule has 0 unspecified atom stereocenters. The van der Waals surface area contributed by atoms with Crippen LogP contribution in [0.2, 0.25) is 0 Å². The summed E-state index contributed by atoms with van der Waals surface area (Å²) in [6.45, 7) is 3.98. The van der Waals surface area contributed by atoms with E-state index in [4.69, 9.17) is 14.7 Å². The number of methoxy groups -OCH3 is 2. The Labute approximate surface area is 178 Å². The van der Waals surface area contributed by atoms with Crippen LogP contribution in [-0.2, 0) is 4.79 Å². The smallest absolute Gasteiger partial charge is 0.241 e. The average Bonchev–Trinajstić information content (AvgIpc) is 2.80. The molecule has 0 radical (unpaired) electrons. The van der Waals surface area contributed by atoms with Gasteiger partial charge in [-0.1, -0.05) is 12.1 Å². The molecule has 0 atom stereocenters. The predicted octanol–water partition coefficient (Wildman–Crippen LogP) is 2.77. The van der Waals surface area contributed by atoms with Crippen LogP contribution in [0.5, 0.6) is 11.5 Å². The fourth-order valence-electron chi connectivity index (χ4n) is 3.63. The molecular formula is C23H28N4O3. The second kappa shape index (κ2) is 10.5. The van der Waals surface area contributed by atoms with Gasteiger partial charge in [0.2, 0.25) is 5.91 Å². The Kier molecular flexibility index (Phi) is 7.52. The first-order valence-corrected chi connectivity index (χ1v) is 10.1. The van der Waals surface area contributed by atoms with Gasteiger partial charge in [-0.3, -0.25) is 9.69 Å². The highest BCUT2D eigenvalue weighted by atomic mass is 16.5. The van der Waals surface area contributed by atoms with Gasteiger partial charge in [0, 0.05) is 38.4 Å². The maximum absolute atomic E-state index is 13.1. The third-order valence-corrected chi connectivity index (χ3v) is 5.29. The number of piperazine rings is 1. The highest BCUT2D eigenvalue weighted by Gasteiger charge is 2.24. The van der Waals surface area contributed by atoms with Crippen molar-refractivity contribution >= 4 is 17.3 Å². The summed E-state index contributed by atoms with van der Waals surface area (Å²) in [6.07, 6.45) is 0.273. The molecule has 0 bridgehead atoms. The molecule has 2 aromatic rings. The predicted molar refractivity (Wildman–Crippen MR) is 117 cm³/mol. The molecule has 7 nitrogen and oxygen atoms in total. The molecule has 158 valence electrons. The Bertz CT molecular complexity index is 871. The summed E-state index contributed by atoms with van der Waals surface area (Å²) < 4.78 is 10.6. The maximum Gasteiger partial charge on any atom is 0.241 e. The summed E-state index contributed by atoms with van der Waals surface area (Å²) in [4.78, 5) is 19.2. The van der Waals surface area contributed by atoms with Gasteiger partial charge in [0.1, 0.15) is 11.5 Å². The number of rotatable bonds is 8. The van der Waals surface area contributed by atoms with Crippen molar-refractivity contribution in [2.24, 2.45) is 0 Å². The summed E-state index contributed by atoms with van der Waals surface area (Å²) >= 11 is 0. The van der Waals surface area contributed by atoms with E-state index < -0.39 is 0 Å². The number of ether oxygens (including phenoxy) is 2. The van der Waals surface area contributed by atoms with Crippen LogP contribution in [0, 0.1) is 11.3 Å². The van der Waals surface area contributed by atoms with Crippen molar-refractivity contribution in [1.29, 1.82) is 5.26 Å². The minimum atomic E-state index is -0.0207. The van der Waals surface area contributed by atoms with Gasteiger partial charge >= 0.3 is 0 Å². The zero-order valence-electron chi connectivity index (χ0n) is 17.6. The number of benzene rings is 2. The molecule has 0 N–H and O–H groups in total. The van der Waals surface area contributed by atoms with Crippen molar-refractivity contribution in [2.75, 3.05) is 63.3 Å². The van der Waals surface area contributed by atoms with Crippen molar-refractivity contribution < 1.29 is 14.3 Å². The van der Waals surface area contributed by atoms with Gasteiger partial charge in [-0.25, -0.2) is 0 Å². The second-order valence-corrected chi connectivity index (χ2v) is 7.09. The van der Waals surface area contributed by atoms with Crippen LogP contribution in [0.25, 0.3) is 0 Å². The molecule has 7 heteroatoms. The number of hydrogen-bond acceptors (Lipinski definition) is 6. The van der Waals surface area contributed by atoms with Gasteiger partial charge in [0.15, 0.2) is 0 Å². The fraction of sp³-hybridized carbons (Fsp3) is 0.391. The van der Waals surface area contributed by atoms with Crippen molar-refractivity contribution in [3.63, 3.8) is 0 Å². The lowest BCUT2D eigenvalue weighted by molar-refractivity contribution is -0.119. The maximum atomic E-state index is 13.1. The van der Waals surface area contributed by atoms with Gasteiger partial charge in [-0.05, 0) is 36.4 Å². The molecule has 0 spiro atoms. The van der Waals surface area contributed by atoms with Crippen LogP contribution in [0.4, 0.5) is 11.4 Å². The Morgan fingerprint density at radius 3 is 2.37 bits per heavy atom. The quantitative estimate of drug-likeness (QED) is 0.669. The number of anilines is 2. The zero-order valence-corrected chi connectivity index (χ0v) is 17.6. The summed E-state index contributed by atoms with van der Waals surface area (Å²) in [7, 11) is 3.25. The van der Waals surface area contributed by atoms with E-state index in [1.807, 2.05) is 36.4 Å². The second-order valence-electron chi connectivity index (χ2n) is 7.09. The number of amides is 1. The first-order chi connectivity index (χ1) is 14.7. The summed E-state index contributed by atoms with van der Waals surface area (Å²) in [5.41, 5.74) is 1.86. The summed E-state index contributed by atoms with van der Waals surface area (Å²) in [5.74, 6) is 1.46. The fourth-order valence-corrected chi connectivity index (χ4v) is 3.63. The molecule has 0 aliphatic carbocycles. The molecule has 30 heavy (non-hydrogen) atoms. The lowest BCUT2D eigenvalue weighted by atomic mass is 10.2. The highest BCUT2D eigenvalue weighted by molar-refractivity contribution is 5.96. The van der Waals surface area contributed by atoms with Crippen LogP contribution < -0.4 is 19.3 Å². The van der Waals surface area contributed by atoms with E-state index in [1.165, 1.54) is 0 Å². The number of carbonyl (C=O) groups is 1. The van der Waals surface area contributed by atoms with Crippen molar-refractivity contribution in [1.82, 2.24) is 4.90 Å².